The van der Waals surface area contributed by atoms with Crippen molar-refractivity contribution in [3.8, 4) is 0 Å². The summed E-state index contributed by atoms with van der Waals surface area (Å²) in [6, 6.07) is -0.350. The van der Waals surface area contributed by atoms with Gasteiger partial charge in [0.05, 0.1) is 5.41 Å². The van der Waals surface area contributed by atoms with Crippen LogP contribution in [0, 0.1) is 5.41 Å². The number of nitrogens with two attached hydrogens (primary N) is 1. The summed E-state index contributed by atoms with van der Waals surface area (Å²) < 4.78 is 0. The third-order valence-electron chi connectivity index (χ3n) is 2.55. The van der Waals surface area contributed by atoms with Gasteiger partial charge in [0.2, 0.25) is 0 Å². The second-order valence-electron chi connectivity index (χ2n) is 3.08. The van der Waals surface area contributed by atoms with E-state index in [1.165, 1.54) is 6.92 Å². The van der Waals surface area contributed by atoms with Crippen LogP contribution in [0.15, 0.2) is 0 Å². The van der Waals surface area contributed by atoms with Gasteiger partial charge in [-0.1, -0.05) is 13.8 Å². The summed E-state index contributed by atoms with van der Waals surface area (Å²) in [4.78, 5) is 22.0. The zero-order valence-electron chi connectivity index (χ0n) is 7.96. The molecule has 70 valence electrons. The highest BCUT2D eigenvalue weighted by atomic mass is 16.1. The van der Waals surface area contributed by atoms with Crippen LogP contribution in [0.4, 0.5) is 0 Å². The van der Waals surface area contributed by atoms with Gasteiger partial charge in [0, 0.05) is 6.04 Å². The lowest BCUT2D eigenvalue weighted by molar-refractivity contribution is -0.134. The lowest BCUT2D eigenvalue weighted by Gasteiger charge is -2.29. The van der Waals surface area contributed by atoms with E-state index in [4.69, 9.17) is 5.73 Å². The van der Waals surface area contributed by atoms with E-state index in [2.05, 4.69) is 0 Å². The van der Waals surface area contributed by atoms with E-state index in [-0.39, 0.29) is 11.8 Å². The highest BCUT2D eigenvalue weighted by molar-refractivity contribution is 5.97. The van der Waals surface area contributed by atoms with Crippen molar-refractivity contribution in [1.29, 1.82) is 0 Å². The predicted molar refractivity (Wildman–Crippen MR) is 47.7 cm³/mol. The van der Waals surface area contributed by atoms with E-state index in [1.807, 2.05) is 13.8 Å². The van der Waals surface area contributed by atoms with Crippen molar-refractivity contribution < 1.29 is 9.59 Å². The summed E-state index contributed by atoms with van der Waals surface area (Å²) in [5.41, 5.74) is 4.77. The Kier molecular flexibility index (Phi) is 4.10. The maximum atomic E-state index is 11.2. The molecule has 0 spiro atoms. The normalized spacial score (nSPS) is 18.0. The Hall–Kier alpha value is -0.700. The van der Waals surface area contributed by atoms with Gasteiger partial charge in [0.15, 0.2) is 0 Å². The van der Waals surface area contributed by atoms with Crippen LogP contribution < -0.4 is 5.73 Å². The lowest BCUT2D eigenvalue weighted by Crippen LogP contribution is -2.47. The van der Waals surface area contributed by atoms with Crippen LogP contribution >= 0.6 is 0 Å². The average molecular weight is 171 g/mol. The van der Waals surface area contributed by atoms with E-state index in [1.54, 1.807) is 0 Å². The number of hydrogen-bond acceptors (Lipinski definition) is 3. The van der Waals surface area contributed by atoms with E-state index >= 15 is 0 Å². The number of carbonyl (C=O) groups is 2. The third kappa shape index (κ3) is 1.72. The van der Waals surface area contributed by atoms with E-state index in [0.717, 1.165) is 0 Å². The molecule has 3 nitrogen and oxygen atoms in total. The Morgan fingerprint density at radius 2 is 2.08 bits per heavy atom. The van der Waals surface area contributed by atoms with Gasteiger partial charge < -0.3 is 10.5 Å². The van der Waals surface area contributed by atoms with Crippen LogP contribution in [0.25, 0.3) is 0 Å². The van der Waals surface area contributed by atoms with Crippen LogP contribution in [0.1, 0.15) is 33.6 Å². The summed E-state index contributed by atoms with van der Waals surface area (Å²) in [6.45, 7) is 5.11. The molecule has 3 heteroatoms. The number of Topliss-reactive ketones (excluding diaryl/α,β-unsaturated/α-hetero) is 1. The van der Waals surface area contributed by atoms with Gasteiger partial charge >= 0.3 is 0 Å². The summed E-state index contributed by atoms with van der Waals surface area (Å²) in [5.74, 6) is -0.130. The van der Waals surface area contributed by atoms with Crippen molar-refractivity contribution >= 4 is 12.1 Å². The molecule has 0 radical (unpaired) electrons. The molecule has 0 aromatic rings. The van der Waals surface area contributed by atoms with Gasteiger partial charge in [0.1, 0.15) is 12.1 Å². The Morgan fingerprint density at radius 1 is 1.58 bits per heavy atom. The molecule has 0 aliphatic heterocycles. The minimum Gasteiger partial charge on any atom is -0.326 e. The topological polar surface area (TPSA) is 60.2 Å². The zero-order valence-corrected chi connectivity index (χ0v) is 7.96. The molecule has 0 aliphatic carbocycles. The summed E-state index contributed by atoms with van der Waals surface area (Å²) in [5, 5.41) is 0. The van der Waals surface area contributed by atoms with Crippen LogP contribution in [0.2, 0.25) is 0 Å². The first kappa shape index (κ1) is 11.3. The molecule has 0 amide bonds. The molecular weight excluding hydrogens is 154 g/mol. The fourth-order valence-corrected chi connectivity index (χ4v) is 1.39. The lowest BCUT2D eigenvalue weighted by atomic mass is 9.75. The van der Waals surface area contributed by atoms with Gasteiger partial charge in [-0.2, -0.15) is 0 Å². The molecule has 0 heterocycles. The highest BCUT2D eigenvalue weighted by Gasteiger charge is 2.38. The van der Waals surface area contributed by atoms with Gasteiger partial charge in [-0.15, -0.1) is 0 Å². The molecule has 2 atom stereocenters. The molecule has 0 rings (SSSR count). The molecular formula is C9H17NO2. The Balaban J connectivity index is 4.81. The van der Waals surface area contributed by atoms with Crippen molar-refractivity contribution in [2.45, 2.75) is 39.7 Å². The molecule has 0 saturated heterocycles. The van der Waals surface area contributed by atoms with Crippen molar-refractivity contribution in [1.82, 2.24) is 0 Å². The molecule has 0 bridgehead atoms. The van der Waals surface area contributed by atoms with Crippen molar-refractivity contribution in [2.75, 3.05) is 0 Å². The van der Waals surface area contributed by atoms with Crippen molar-refractivity contribution in [3.05, 3.63) is 0 Å². The minimum absolute atomic E-state index is 0.130. The van der Waals surface area contributed by atoms with Crippen LogP contribution in [0.3, 0.4) is 0 Å². The second-order valence-corrected chi connectivity index (χ2v) is 3.08. The molecule has 0 aromatic heterocycles. The Bertz CT molecular complexity index is 179. The Morgan fingerprint density at radius 3 is 2.17 bits per heavy atom. The van der Waals surface area contributed by atoms with Gasteiger partial charge in [-0.05, 0) is 19.8 Å². The first-order valence-corrected chi connectivity index (χ1v) is 4.28. The highest BCUT2D eigenvalue weighted by Crippen LogP contribution is 2.25. The van der Waals surface area contributed by atoms with Gasteiger partial charge in [-0.25, -0.2) is 0 Å². The number of aldehydes is 1. The fraction of sp³-hybridized carbons (Fsp3) is 0.778. The van der Waals surface area contributed by atoms with E-state index in [0.29, 0.717) is 19.1 Å². The fourth-order valence-electron chi connectivity index (χ4n) is 1.39. The third-order valence-corrected chi connectivity index (χ3v) is 2.55. The van der Waals surface area contributed by atoms with Crippen LogP contribution in [-0.4, -0.2) is 18.1 Å². The smallest absolute Gasteiger partial charge is 0.144 e. The molecule has 2 N–H and O–H groups in total. The quantitative estimate of drug-likeness (QED) is 0.494. The monoisotopic (exact) mass is 171 g/mol. The van der Waals surface area contributed by atoms with Crippen molar-refractivity contribution in [2.24, 2.45) is 11.1 Å². The summed E-state index contributed by atoms with van der Waals surface area (Å²) in [7, 11) is 0. The van der Waals surface area contributed by atoms with Crippen LogP contribution in [-0.2, 0) is 9.59 Å². The number of rotatable bonds is 5. The molecule has 0 aliphatic rings. The van der Waals surface area contributed by atoms with Crippen molar-refractivity contribution in [3.63, 3.8) is 0 Å². The molecule has 2 unspecified atom stereocenters. The average Bonchev–Trinajstić information content (AvgIpc) is 2.06. The first-order chi connectivity index (χ1) is 5.55. The summed E-state index contributed by atoms with van der Waals surface area (Å²) in [6.07, 6.45) is 1.83. The standard InChI is InChI=1S/C9H17NO2/c1-4-8(10)9(5-2,6-11)7(3)12/h6,8H,4-5,10H2,1-3H3. The SMILES string of the molecule is CCC(N)C(C=O)(CC)C(C)=O. The summed E-state index contributed by atoms with van der Waals surface area (Å²) >= 11 is 0. The minimum atomic E-state index is -0.950. The zero-order chi connectivity index (χ0) is 9.78. The van der Waals surface area contributed by atoms with Gasteiger partial charge in [-0.3, -0.25) is 4.79 Å². The first-order valence-electron chi connectivity index (χ1n) is 4.28. The largest absolute Gasteiger partial charge is 0.326 e. The molecule has 12 heavy (non-hydrogen) atoms. The van der Waals surface area contributed by atoms with Gasteiger partial charge in [0.25, 0.3) is 0 Å². The maximum Gasteiger partial charge on any atom is 0.144 e. The van der Waals surface area contributed by atoms with Crippen LogP contribution in [0.5, 0.6) is 0 Å². The molecule has 0 saturated carbocycles. The molecule has 0 aromatic carbocycles. The Labute approximate surface area is 73.3 Å². The number of hydrogen-bond donors (Lipinski definition) is 1. The second kappa shape index (κ2) is 4.36. The number of carbonyl (C=O) groups excluding carboxylic acids is 2. The van der Waals surface area contributed by atoms with E-state index < -0.39 is 5.41 Å². The predicted octanol–water partition coefficient (Wildman–Crippen LogP) is 0.908. The maximum absolute atomic E-state index is 11.2. The van der Waals surface area contributed by atoms with E-state index in [9.17, 15) is 9.59 Å². The number of ketones is 1. The molecule has 0 fully saturated rings.